The van der Waals surface area contributed by atoms with Crippen molar-refractivity contribution in [1.82, 2.24) is 9.80 Å². The molecule has 2 aliphatic heterocycles. The molecule has 0 amide bonds. The second-order valence-corrected chi connectivity index (χ2v) is 8.55. The topological polar surface area (TPSA) is 19.0 Å². The number of anilines is 1. The van der Waals surface area contributed by atoms with Crippen LogP contribution in [-0.2, 0) is 4.74 Å². The largest absolute Gasteiger partial charge is 0.446 e. The molecule has 0 radical (unpaired) electrons. The zero-order valence-electron chi connectivity index (χ0n) is 15.3. The number of thioether (sulfide) groups is 1. The van der Waals surface area contributed by atoms with Crippen LogP contribution in [0, 0.1) is 0 Å². The van der Waals surface area contributed by atoms with Crippen molar-refractivity contribution in [3.05, 3.63) is 24.3 Å². The monoisotopic (exact) mass is 389 g/mol. The average Bonchev–Trinajstić information content (AvgIpc) is 2.88. The molecule has 146 valence electrons. The molecule has 0 bridgehead atoms. The van der Waals surface area contributed by atoms with Gasteiger partial charge in [0.15, 0.2) is 0 Å². The molecule has 3 rings (SSSR count). The molecule has 2 fully saturated rings. The molecule has 26 heavy (non-hydrogen) atoms. The number of hydrogen-bond acceptors (Lipinski definition) is 5. The van der Waals surface area contributed by atoms with E-state index in [-0.39, 0.29) is 22.2 Å². The number of rotatable bonds is 5. The molecule has 1 aromatic rings. The summed E-state index contributed by atoms with van der Waals surface area (Å²) in [6.45, 7) is 11.7. The van der Waals surface area contributed by atoms with E-state index in [2.05, 4.69) is 28.5 Å². The Kier molecular flexibility index (Phi) is 6.06. The van der Waals surface area contributed by atoms with Crippen LogP contribution in [0.15, 0.2) is 29.2 Å². The molecule has 2 saturated heterocycles. The lowest BCUT2D eigenvalue weighted by Crippen LogP contribution is -2.46. The molecule has 2 heterocycles. The van der Waals surface area contributed by atoms with Gasteiger partial charge in [0, 0.05) is 48.8 Å². The molecule has 8 heteroatoms. The number of nitrogens with zero attached hydrogens (tertiary/aromatic N) is 3. The summed E-state index contributed by atoms with van der Waals surface area (Å²) in [6, 6.07) is 6.68. The molecular weight excluding hydrogens is 363 g/mol. The average molecular weight is 389 g/mol. The Hall–Kier alpha value is -0.960. The number of ether oxygens (including phenoxy) is 1. The summed E-state index contributed by atoms with van der Waals surface area (Å²) in [5.74, 6) is 0. The highest BCUT2D eigenvalue weighted by atomic mass is 32.2. The van der Waals surface area contributed by atoms with Crippen molar-refractivity contribution < 1.29 is 17.9 Å². The van der Waals surface area contributed by atoms with Crippen molar-refractivity contribution in [2.24, 2.45) is 0 Å². The number of alkyl halides is 3. The normalized spacial score (nSPS) is 22.1. The predicted octanol–water partition coefficient (Wildman–Crippen LogP) is 3.49. The zero-order chi connectivity index (χ0) is 18.8. The third-order valence-electron chi connectivity index (χ3n) is 5.00. The zero-order valence-corrected chi connectivity index (χ0v) is 16.1. The van der Waals surface area contributed by atoms with Gasteiger partial charge in [-0.3, -0.25) is 9.80 Å². The van der Waals surface area contributed by atoms with Crippen LogP contribution in [0.2, 0.25) is 0 Å². The standard InChI is InChI=1S/C18H26F3N3OS/c1-17(2)13-23(14-24(17)8-7-22-9-11-25-12-10-22)15-3-5-16(6-4-15)26-18(19,20)21/h3-6H,7-14H2,1-2H3. The first-order valence-electron chi connectivity index (χ1n) is 8.89. The van der Waals surface area contributed by atoms with Crippen molar-refractivity contribution in [3.63, 3.8) is 0 Å². The molecule has 1 aromatic carbocycles. The third-order valence-corrected chi connectivity index (χ3v) is 5.74. The molecule has 0 aromatic heterocycles. The van der Waals surface area contributed by atoms with Gasteiger partial charge in [0.05, 0.1) is 19.9 Å². The van der Waals surface area contributed by atoms with Crippen LogP contribution in [0.25, 0.3) is 0 Å². The Morgan fingerprint density at radius 1 is 1.08 bits per heavy atom. The maximum atomic E-state index is 12.5. The molecule has 2 aliphatic rings. The Morgan fingerprint density at radius 3 is 2.35 bits per heavy atom. The van der Waals surface area contributed by atoms with E-state index < -0.39 is 5.51 Å². The Morgan fingerprint density at radius 2 is 1.73 bits per heavy atom. The number of hydrogen-bond donors (Lipinski definition) is 0. The predicted molar refractivity (Wildman–Crippen MR) is 98.6 cm³/mol. The summed E-state index contributed by atoms with van der Waals surface area (Å²) in [5.41, 5.74) is -3.24. The van der Waals surface area contributed by atoms with Gasteiger partial charge >= 0.3 is 5.51 Å². The Bertz CT molecular complexity index is 588. The van der Waals surface area contributed by atoms with Crippen molar-refractivity contribution in [3.8, 4) is 0 Å². The van der Waals surface area contributed by atoms with Crippen molar-refractivity contribution in [1.29, 1.82) is 0 Å². The summed E-state index contributed by atoms with van der Waals surface area (Å²) in [4.78, 5) is 7.33. The first kappa shape index (κ1) is 19.8. The summed E-state index contributed by atoms with van der Waals surface area (Å²) in [7, 11) is 0. The second-order valence-electron chi connectivity index (χ2n) is 7.41. The lowest BCUT2D eigenvalue weighted by Gasteiger charge is -2.33. The summed E-state index contributed by atoms with van der Waals surface area (Å²) in [6.07, 6.45) is 0. The fourth-order valence-corrected chi connectivity index (χ4v) is 4.05. The molecule has 0 aliphatic carbocycles. The van der Waals surface area contributed by atoms with E-state index in [1.165, 1.54) is 0 Å². The molecule has 0 unspecified atom stereocenters. The SMILES string of the molecule is CC1(C)CN(c2ccc(SC(F)(F)F)cc2)CN1CCN1CCOCC1. The van der Waals surface area contributed by atoms with Gasteiger partial charge in [-0.2, -0.15) is 13.2 Å². The van der Waals surface area contributed by atoms with E-state index in [1.807, 2.05) is 0 Å². The maximum absolute atomic E-state index is 12.5. The van der Waals surface area contributed by atoms with E-state index in [9.17, 15) is 13.2 Å². The van der Waals surface area contributed by atoms with E-state index in [1.54, 1.807) is 24.3 Å². The quantitative estimate of drug-likeness (QED) is 0.716. The van der Waals surface area contributed by atoms with Gasteiger partial charge in [0.25, 0.3) is 0 Å². The number of morpholine rings is 1. The van der Waals surface area contributed by atoms with Gasteiger partial charge < -0.3 is 9.64 Å². The number of benzene rings is 1. The van der Waals surface area contributed by atoms with Crippen LogP contribution in [0.4, 0.5) is 18.9 Å². The van der Waals surface area contributed by atoms with E-state index in [0.717, 1.165) is 58.3 Å². The van der Waals surface area contributed by atoms with Crippen molar-refractivity contribution in [2.45, 2.75) is 29.8 Å². The smallest absolute Gasteiger partial charge is 0.379 e. The summed E-state index contributed by atoms with van der Waals surface area (Å²) in [5, 5.41) is 0. The second kappa shape index (κ2) is 7.96. The minimum atomic E-state index is -4.24. The molecule has 4 nitrogen and oxygen atoms in total. The molecule has 0 N–H and O–H groups in total. The van der Waals surface area contributed by atoms with Gasteiger partial charge in [-0.25, -0.2) is 0 Å². The lowest BCUT2D eigenvalue weighted by molar-refractivity contribution is -0.0328. The highest BCUT2D eigenvalue weighted by Crippen LogP contribution is 2.38. The lowest BCUT2D eigenvalue weighted by atomic mass is 10.1. The fraction of sp³-hybridized carbons (Fsp3) is 0.667. The number of halogens is 3. The first-order valence-corrected chi connectivity index (χ1v) is 9.70. The van der Waals surface area contributed by atoms with Gasteiger partial charge in [-0.1, -0.05) is 0 Å². The van der Waals surface area contributed by atoms with E-state index in [4.69, 9.17) is 4.74 Å². The van der Waals surface area contributed by atoms with Crippen LogP contribution in [0.1, 0.15) is 13.8 Å². The van der Waals surface area contributed by atoms with Crippen molar-refractivity contribution >= 4 is 17.4 Å². The molecule has 0 saturated carbocycles. The van der Waals surface area contributed by atoms with Crippen LogP contribution >= 0.6 is 11.8 Å². The summed E-state index contributed by atoms with van der Waals surface area (Å²) < 4.78 is 42.8. The summed E-state index contributed by atoms with van der Waals surface area (Å²) >= 11 is -0.0684. The van der Waals surface area contributed by atoms with Gasteiger partial charge in [-0.15, -0.1) is 0 Å². The Balaban J connectivity index is 1.57. The molecule has 0 atom stereocenters. The third kappa shape index (κ3) is 5.28. The minimum absolute atomic E-state index is 0.0334. The van der Waals surface area contributed by atoms with Crippen molar-refractivity contribution in [2.75, 3.05) is 57.5 Å². The fourth-order valence-electron chi connectivity index (χ4n) is 3.51. The van der Waals surface area contributed by atoms with Gasteiger partial charge in [0.2, 0.25) is 0 Å². The molecular formula is C18H26F3N3OS. The van der Waals surface area contributed by atoms with E-state index >= 15 is 0 Å². The van der Waals surface area contributed by atoms with Crippen LogP contribution in [0.5, 0.6) is 0 Å². The Labute approximate surface area is 157 Å². The first-order chi connectivity index (χ1) is 12.2. The van der Waals surface area contributed by atoms with Crippen LogP contribution in [0.3, 0.4) is 0 Å². The van der Waals surface area contributed by atoms with Crippen LogP contribution in [-0.4, -0.2) is 73.5 Å². The van der Waals surface area contributed by atoms with E-state index in [0.29, 0.717) is 0 Å². The minimum Gasteiger partial charge on any atom is -0.379 e. The maximum Gasteiger partial charge on any atom is 0.446 e. The van der Waals surface area contributed by atoms with Crippen LogP contribution < -0.4 is 4.90 Å². The highest BCUT2D eigenvalue weighted by Gasteiger charge is 2.37. The van der Waals surface area contributed by atoms with Gasteiger partial charge in [-0.05, 0) is 49.9 Å². The highest BCUT2D eigenvalue weighted by molar-refractivity contribution is 8.00. The van der Waals surface area contributed by atoms with Gasteiger partial charge in [0.1, 0.15) is 0 Å². The molecule has 0 spiro atoms.